The van der Waals surface area contributed by atoms with Crippen LogP contribution >= 0.6 is 0 Å². The number of rotatable bonds is 3. The molecular weight excluding hydrogens is 212 g/mol. The van der Waals surface area contributed by atoms with Crippen molar-refractivity contribution < 1.29 is 27.9 Å². The van der Waals surface area contributed by atoms with E-state index in [1.54, 1.807) is 0 Å². The molecule has 0 radical (unpaired) electrons. The lowest BCUT2D eigenvalue weighted by Gasteiger charge is -2.08. The number of carboxylic acid groups (broad SMARTS) is 1. The number of sulfone groups is 1. The Morgan fingerprint density at radius 3 is 2.21 bits per heavy atom. The number of aliphatic carboxylic acids is 1. The highest BCUT2D eigenvalue weighted by Gasteiger charge is 2.71. The molecule has 2 atom stereocenters. The lowest BCUT2D eigenvalue weighted by Crippen LogP contribution is -2.32. The predicted octanol–water partition coefficient (Wildman–Crippen LogP) is -0.953. The summed E-state index contributed by atoms with van der Waals surface area (Å²) < 4.78 is 26.4. The van der Waals surface area contributed by atoms with Crippen LogP contribution in [0.1, 0.15) is 6.42 Å². The van der Waals surface area contributed by atoms with Gasteiger partial charge in [0.25, 0.3) is 0 Å². The van der Waals surface area contributed by atoms with Gasteiger partial charge in [0.1, 0.15) is 0 Å². The first kappa shape index (κ1) is 11.0. The van der Waals surface area contributed by atoms with Crippen LogP contribution in [0.3, 0.4) is 0 Å². The van der Waals surface area contributed by atoms with Gasteiger partial charge in [0, 0.05) is 6.26 Å². The highest BCUT2D eigenvalue weighted by molar-refractivity contribution is 7.91. The monoisotopic (exact) mass is 222 g/mol. The maximum atomic E-state index is 11.1. The molecule has 1 rings (SSSR count). The van der Waals surface area contributed by atoms with E-state index < -0.39 is 32.4 Å². The third-order valence-corrected chi connectivity index (χ3v) is 3.95. The minimum absolute atomic E-state index is 0.201. The van der Waals surface area contributed by atoms with Crippen LogP contribution in [0.15, 0.2) is 0 Å². The van der Waals surface area contributed by atoms with E-state index in [0.717, 1.165) is 13.4 Å². The summed E-state index contributed by atoms with van der Waals surface area (Å²) in [5.74, 6) is -2.44. The summed E-state index contributed by atoms with van der Waals surface area (Å²) in [5.41, 5.74) is -1.87. The van der Waals surface area contributed by atoms with Gasteiger partial charge in [-0.2, -0.15) is 0 Å². The van der Waals surface area contributed by atoms with Gasteiger partial charge >= 0.3 is 11.9 Å². The van der Waals surface area contributed by atoms with Crippen molar-refractivity contribution >= 4 is 21.8 Å². The predicted molar refractivity (Wildman–Crippen MR) is 45.3 cm³/mol. The summed E-state index contributed by atoms with van der Waals surface area (Å²) in [5, 5.41) is 7.62. The molecule has 1 aliphatic rings. The fourth-order valence-corrected chi connectivity index (χ4v) is 2.95. The van der Waals surface area contributed by atoms with Crippen LogP contribution in [0.4, 0.5) is 0 Å². The van der Waals surface area contributed by atoms with Gasteiger partial charge in [0.2, 0.25) is 0 Å². The summed E-state index contributed by atoms with van der Waals surface area (Å²) in [7, 11) is -2.49. The molecule has 1 aliphatic carbocycles. The maximum absolute atomic E-state index is 11.1. The Morgan fingerprint density at radius 1 is 1.50 bits per heavy atom. The molecule has 0 aromatic rings. The van der Waals surface area contributed by atoms with Crippen molar-refractivity contribution in [2.75, 3.05) is 13.4 Å². The zero-order valence-corrected chi connectivity index (χ0v) is 8.50. The Bertz CT molecular complexity index is 383. The topological polar surface area (TPSA) is 97.7 Å². The molecule has 0 aliphatic heterocycles. The van der Waals surface area contributed by atoms with Gasteiger partial charge in [-0.25, -0.2) is 8.42 Å². The van der Waals surface area contributed by atoms with E-state index in [4.69, 9.17) is 5.11 Å². The summed E-state index contributed by atoms with van der Waals surface area (Å²) in [6, 6.07) is 0. The van der Waals surface area contributed by atoms with Gasteiger partial charge < -0.3 is 9.84 Å². The maximum Gasteiger partial charge on any atom is 0.324 e. The second-order valence-electron chi connectivity index (χ2n) is 3.29. The first-order valence-corrected chi connectivity index (χ1v) is 5.73. The van der Waals surface area contributed by atoms with E-state index in [0.29, 0.717) is 0 Å². The van der Waals surface area contributed by atoms with Crippen molar-refractivity contribution in [1.82, 2.24) is 0 Å². The number of esters is 1. The zero-order valence-electron chi connectivity index (χ0n) is 7.68. The molecule has 0 saturated heterocycles. The molecule has 0 heterocycles. The molecule has 80 valence electrons. The Labute approximate surface area is 80.8 Å². The second-order valence-corrected chi connectivity index (χ2v) is 5.52. The molecule has 0 bridgehead atoms. The van der Waals surface area contributed by atoms with Crippen molar-refractivity contribution in [2.24, 2.45) is 5.41 Å². The summed E-state index contributed by atoms with van der Waals surface area (Å²) >= 11 is 0. The number of carboxylic acids is 1. The van der Waals surface area contributed by atoms with E-state index >= 15 is 0 Å². The van der Waals surface area contributed by atoms with Crippen molar-refractivity contribution in [3.63, 3.8) is 0 Å². The minimum atomic E-state index is -3.52. The van der Waals surface area contributed by atoms with Crippen molar-refractivity contribution in [1.29, 1.82) is 0 Å². The van der Waals surface area contributed by atoms with E-state index in [1.165, 1.54) is 0 Å². The third-order valence-electron chi connectivity index (χ3n) is 2.34. The van der Waals surface area contributed by atoms with E-state index in [1.807, 2.05) is 0 Å². The summed E-state index contributed by atoms with van der Waals surface area (Å²) in [6.45, 7) is 0. The minimum Gasteiger partial charge on any atom is -0.480 e. The third kappa shape index (κ3) is 1.37. The number of carbonyl (C=O) groups is 2. The normalized spacial score (nSPS) is 30.9. The quantitative estimate of drug-likeness (QED) is 0.488. The molecule has 1 fully saturated rings. The largest absolute Gasteiger partial charge is 0.480 e. The highest BCUT2D eigenvalue weighted by atomic mass is 32.2. The zero-order chi connectivity index (χ0) is 11.1. The van der Waals surface area contributed by atoms with E-state index in [2.05, 4.69) is 4.74 Å². The smallest absolute Gasteiger partial charge is 0.324 e. The molecule has 6 nitrogen and oxygen atoms in total. The molecule has 1 N–H and O–H groups in total. The molecule has 1 saturated carbocycles. The number of hydrogen-bond acceptors (Lipinski definition) is 5. The van der Waals surface area contributed by atoms with Crippen LogP contribution in [-0.4, -0.2) is 44.1 Å². The Hall–Kier alpha value is -1.11. The average molecular weight is 222 g/mol. The van der Waals surface area contributed by atoms with Gasteiger partial charge in [0.15, 0.2) is 15.3 Å². The Kier molecular flexibility index (Phi) is 2.31. The number of hydrogen-bond donors (Lipinski definition) is 1. The lowest BCUT2D eigenvalue weighted by molar-refractivity contribution is -0.158. The van der Waals surface area contributed by atoms with Gasteiger partial charge in [-0.15, -0.1) is 0 Å². The van der Waals surface area contributed by atoms with E-state index in [-0.39, 0.29) is 6.42 Å². The average Bonchev–Trinajstić information content (AvgIpc) is 2.77. The molecular formula is C7H10O6S. The summed E-state index contributed by atoms with van der Waals surface area (Å²) in [6.07, 6.45) is 0.707. The standard InChI is InChI=1S/C7H10O6S/c1-13-6(10)7(5(8)9)3-4(7)14(2,11)12/h4H,3H2,1-2H3,(H,8,9). The number of methoxy groups -OCH3 is 1. The molecule has 2 unspecified atom stereocenters. The van der Waals surface area contributed by atoms with Crippen LogP contribution in [0.25, 0.3) is 0 Å². The van der Waals surface area contributed by atoms with Gasteiger partial charge in [-0.1, -0.05) is 0 Å². The van der Waals surface area contributed by atoms with Crippen LogP contribution in [-0.2, 0) is 24.2 Å². The van der Waals surface area contributed by atoms with Gasteiger partial charge in [0.05, 0.1) is 12.4 Å². The first-order chi connectivity index (χ1) is 6.26. The van der Waals surface area contributed by atoms with Crippen molar-refractivity contribution in [3.05, 3.63) is 0 Å². The Morgan fingerprint density at radius 2 is 2.00 bits per heavy atom. The van der Waals surface area contributed by atoms with Gasteiger partial charge in [-0.3, -0.25) is 9.59 Å². The molecule has 0 amide bonds. The molecule has 0 spiro atoms. The SMILES string of the molecule is COC(=O)C1(C(=O)O)CC1S(C)(=O)=O. The van der Waals surface area contributed by atoms with Crippen LogP contribution < -0.4 is 0 Å². The molecule has 0 aromatic carbocycles. The Balaban J connectivity index is 3.05. The number of carbonyl (C=O) groups excluding carboxylic acids is 1. The summed E-state index contributed by atoms with van der Waals surface area (Å²) in [4.78, 5) is 21.9. The van der Waals surface area contributed by atoms with Crippen LogP contribution in [0.2, 0.25) is 0 Å². The lowest BCUT2D eigenvalue weighted by atomic mass is 10.1. The second kappa shape index (κ2) is 2.94. The fraction of sp³-hybridized carbons (Fsp3) is 0.714. The highest BCUT2D eigenvalue weighted by Crippen LogP contribution is 2.51. The molecule has 7 heteroatoms. The van der Waals surface area contributed by atoms with Crippen LogP contribution in [0, 0.1) is 5.41 Å². The molecule has 14 heavy (non-hydrogen) atoms. The first-order valence-electron chi connectivity index (χ1n) is 3.77. The molecule has 0 aromatic heterocycles. The van der Waals surface area contributed by atoms with Gasteiger partial charge in [-0.05, 0) is 6.42 Å². The van der Waals surface area contributed by atoms with Crippen molar-refractivity contribution in [3.8, 4) is 0 Å². The fourth-order valence-electron chi connectivity index (χ4n) is 1.46. The van der Waals surface area contributed by atoms with E-state index in [9.17, 15) is 18.0 Å². The van der Waals surface area contributed by atoms with Crippen LogP contribution in [0.5, 0.6) is 0 Å². The van der Waals surface area contributed by atoms with Crippen molar-refractivity contribution in [2.45, 2.75) is 11.7 Å². The number of ether oxygens (including phenoxy) is 1.